The van der Waals surface area contributed by atoms with Crippen molar-refractivity contribution in [2.45, 2.75) is 17.7 Å². The normalized spacial score (nSPS) is 14.5. The molecular formula is C5H9F2NO2S. The van der Waals surface area contributed by atoms with Gasteiger partial charge in [0, 0.05) is 6.42 Å². The molecule has 0 rings (SSSR count). The van der Waals surface area contributed by atoms with Gasteiger partial charge in [0.2, 0.25) is 0 Å². The monoisotopic (exact) mass is 185 g/mol. The van der Waals surface area contributed by atoms with Crippen LogP contribution in [0, 0.1) is 0 Å². The smallest absolute Gasteiger partial charge is 0.320 e. The Hall–Kier alpha value is -0.360. The number of nitrogens with two attached hydrogens (primary N) is 1. The Morgan fingerprint density at radius 1 is 1.82 bits per heavy atom. The van der Waals surface area contributed by atoms with E-state index in [4.69, 9.17) is 10.8 Å². The topological polar surface area (TPSA) is 63.3 Å². The molecule has 0 saturated heterocycles. The van der Waals surface area contributed by atoms with E-state index in [2.05, 4.69) is 0 Å². The first-order valence-corrected chi connectivity index (χ1v) is 4.03. The van der Waals surface area contributed by atoms with Gasteiger partial charge in [0.25, 0.3) is 5.25 Å². The van der Waals surface area contributed by atoms with Crippen LogP contribution in [0.1, 0.15) is 6.42 Å². The number of carbonyl (C=O) groups is 1. The molecule has 3 N–H and O–H groups in total. The summed E-state index contributed by atoms with van der Waals surface area (Å²) in [5.41, 5.74) is 4.89. The predicted octanol–water partition coefficient (Wildman–Crippen LogP) is 0.744. The van der Waals surface area contributed by atoms with Crippen LogP contribution >= 0.6 is 11.8 Å². The molecule has 0 amide bonds. The molecule has 0 aromatic carbocycles. The minimum absolute atomic E-state index is 0.296. The van der Waals surface area contributed by atoms with E-state index in [1.807, 2.05) is 0 Å². The van der Waals surface area contributed by atoms with Crippen LogP contribution in [0.3, 0.4) is 0 Å². The Kier molecular flexibility index (Phi) is 3.74. The Morgan fingerprint density at radius 3 is 2.55 bits per heavy atom. The highest BCUT2D eigenvalue weighted by Gasteiger charge is 2.32. The van der Waals surface area contributed by atoms with Gasteiger partial charge in [0.05, 0.1) is 0 Å². The number of carboxylic acids is 1. The van der Waals surface area contributed by atoms with Gasteiger partial charge in [-0.3, -0.25) is 4.79 Å². The number of aliphatic carboxylic acids is 1. The summed E-state index contributed by atoms with van der Waals surface area (Å²) < 4.78 is 24.8. The molecule has 0 aliphatic rings. The number of hydrogen-bond acceptors (Lipinski definition) is 3. The van der Waals surface area contributed by atoms with Crippen LogP contribution in [-0.2, 0) is 4.79 Å². The summed E-state index contributed by atoms with van der Waals surface area (Å²) in [6.07, 6.45) is 0.373. The average molecular weight is 185 g/mol. The fraction of sp³-hybridized carbons (Fsp3) is 0.800. The maximum Gasteiger partial charge on any atom is 0.320 e. The van der Waals surface area contributed by atoms with Gasteiger partial charge in [-0.1, -0.05) is 11.8 Å². The zero-order valence-electron chi connectivity index (χ0n) is 5.88. The van der Waals surface area contributed by atoms with Crippen molar-refractivity contribution in [2.75, 3.05) is 6.26 Å². The molecule has 0 saturated carbocycles. The highest BCUT2D eigenvalue weighted by molar-refractivity contribution is 7.99. The highest BCUT2D eigenvalue weighted by atomic mass is 32.2. The molecule has 0 radical (unpaired) electrons. The molecule has 0 aliphatic carbocycles. The number of thioether (sulfide) groups is 1. The molecule has 0 aliphatic heterocycles. The van der Waals surface area contributed by atoms with Crippen LogP contribution in [0.15, 0.2) is 0 Å². The minimum Gasteiger partial charge on any atom is -0.480 e. The van der Waals surface area contributed by atoms with Crippen molar-refractivity contribution in [3.63, 3.8) is 0 Å². The lowest BCUT2D eigenvalue weighted by Gasteiger charge is -2.14. The third-order valence-electron chi connectivity index (χ3n) is 1.07. The van der Waals surface area contributed by atoms with E-state index in [1.165, 1.54) is 6.26 Å². The van der Waals surface area contributed by atoms with Crippen molar-refractivity contribution < 1.29 is 18.7 Å². The maximum atomic E-state index is 12.4. The molecule has 0 fully saturated rings. The van der Waals surface area contributed by atoms with Crippen LogP contribution in [0.2, 0.25) is 0 Å². The molecular weight excluding hydrogens is 176 g/mol. The summed E-state index contributed by atoms with van der Waals surface area (Å²) in [6, 6.07) is -1.49. The zero-order chi connectivity index (χ0) is 9.07. The molecule has 0 bridgehead atoms. The van der Waals surface area contributed by atoms with Crippen molar-refractivity contribution in [3.8, 4) is 0 Å². The first-order chi connectivity index (χ1) is 4.89. The van der Waals surface area contributed by atoms with Gasteiger partial charge in [0.1, 0.15) is 6.04 Å². The zero-order valence-corrected chi connectivity index (χ0v) is 6.70. The van der Waals surface area contributed by atoms with E-state index in [1.54, 1.807) is 0 Å². The van der Waals surface area contributed by atoms with Gasteiger partial charge in [-0.25, -0.2) is 0 Å². The lowest BCUT2D eigenvalue weighted by molar-refractivity contribution is -0.139. The molecule has 1 atom stereocenters. The van der Waals surface area contributed by atoms with E-state index in [0.29, 0.717) is 11.8 Å². The van der Waals surface area contributed by atoms with Gasteiger partial charge in [-0.2, -0.15) is 8.78 Å². The first-order valence-electron chi connectivity index (χ1n) is 2.80. The Bertz CT molecular complexity index is 153. The van der Waals surface area contributed by atoms with Gasteiger partial charge < -0.3 is 10.8 Å². The summed E-state index contributed by atoms with van der Waals surface area (Å²) in [5, 5.41) is 5.13. The van der Waals surface area contributed by atoms with Crippen molar-refractivity contribution in [3.05, 3.63) is 0 Å². The molecule has 66 valence electrons. The average Bonchev–Trinajstić information content (AvgIpc) is 1.87. The number of halogens is 2. The van der Waals surface area contributed by atoms with E-state index in [9.17, 15) is 13.6 Å². The Labute approximate surface area is 66.9 Å². The van der Waals surface area contributed by atoms with E-state index in [0.717, 1.165) is 0 Å². The van der Waals surface area contributed by atoms with Crippen molar-refractivity contribution >= 4 is 17.7 Å². The molecule has 0 heterocycles. The number of rotatable bonds is 4. The third-order valence-corrected chi connectivity index (χ3v) is 1.84. The van der Waals surface area contributed by atoms with Gasteiger partial charge in [0.15, 0.2) is 0 Å². The van der Waals surface area contributed by atoms with Crippen LogP contribution in [0.25, 0.3) is 0 Å². The SMILES string of the molecule is CSC(F)(F)C[C@H](N)C(=O)O. The fourth-order valence-electron chi connectivity index (χ4n) is 0.427. The van der Waals surface area contributed by atoms with Crippen molar-refractivity contribution in [2.24, 2.45) is 5.73 Å². The molecule has 3 nitrogen and oxygen atoms in total. The molecule has 6 heteroatoms. The second-order valence-corrected chi connectivity index (χ2v) is 3.00. The van der Waals surface area contributed by atoms with Crippen molar-refractivity contribution in [1.82, 2.24) is 0 Å². The Balaban J connectivity index is 3.93. The largest absolute Gasteiger partial charge is 0.480 e. The van der Waals surface area contributed by atoms with E-state index >= 15 is 0 Å². The molecule has 0 aromatic rings. The minimum atomic E-state index is -3.04. The second kappa shape index (κ2) is 3.87. The number of alkyl halides is 2. The van der Waals surface area contributed by atoms with Crippen LogP contribution in [-0.4, -0.2) is 28.6 Å². The summed E-state index contributed by atoms with van der Waals surface area (Å²) in [5.74, 6) is -1.40. The molecule has 0 aromatic heterocycles. The molecule has 11 heavy (non-hydrogen) atoms. The quantitative estimate of drug-likeness (QED) is 0.678. The standard InChI is InChI=1S/C5H9F2NO2S/c1-11-5(6,7)2-3(8)4(9)10/h3H,2,8H2,1H3,(H,9,10)/t3-/m0/s1. The molecule has 0 unspecified atom stereocenters. The van der Waals surface area contributed by atoms with Gasteiger partial charge >= 0.3 is 5.97 Å². The molecule has 0 spiro atoms. The number of hydrogen-bond donors (Lipinski definition) is 2. The lowest BCUT2D eigenvalue weighted by atomic mass is 10.2. The number of carboxylic acid groups (broad SMARTS) is 1. The Morgan fingerprint density at radius 2 is 2.27 bits per heavy atom. The van der Waals surface area contributed by atoms with Crippen LogP contribution in [0.4, 0.5) is 8.78 Å². The third kappa shape index (κ3) is 4.15. The van der Waals surface area contributed by atoms with Gasteiger partial charge in [-0.05, 0) is 6.26 Å². The van der Waals surface area contributed by atoms with Gasteiger partial charge in [-0.15, -0.1) is 0 Å². The second-order valence-electron chi connectivity index (χ2n) is 1.99. The van der Waals surface area contributed by atoms with Crippen molar-refractivity contribution in [1.29, 1.82) is 0 Å². The van der Waals surface area contributed by atoms with Crippen LogP contribution < -0.4 is 5.73 Å². The summed E-state index contributed by atoms with van der Waals surface area (Å²) in [4.78, 5) is 10.0. The summed E-state index contributed by atoms with van der Waals surface area (Å²) in [7, 11) is 0. The highest BCUT2D eigenvalue weighted by Crippen LogP contribution is 2.30. The summed E-state index contributed by atoms with van der Waals surface area (Å²) >= 11 is 0.296. The van der Waals surface area contributed by atoms with E-state index in [-0.39, 0.29) is 0 Å². The fourth-order valence-corrected chi connectivity index (χ4v) is 0.773. The predicted molar refractivity (Wildman–Crippen MR) is 38.7 cm³/mol. The van der Waals surface area contributed by atoms with Crippen LogP contribution in [0.5, 0.6) is 0 Å². The first kappa shape index (κ1) is 10.6. The van der Waals surface area contributed by atoms with E-state index < -0.39 is 23.7 Å². The maximum absolute atomic E-state index is 12.4. The lowest BCUT2D eigenvalue weighted by Crippen LogP contribution is -2.35. The summed E-state index contributed by atoms with van der Waals surface area (Å²) in [6.45, 7) is 0.